The number of carboxylic acids is 1. The minimum atomic E-state index is -1.03. The zero-order chi connectivity index (χ0) is 22.4. The van der Waals surface area contributed by atoms with Crippen molar-refractivity contribution in [2.45, 2.75) is 86.5 Å². The van der Waals surface area contributed by atoms with Crippen molar-refractivity contribution >= 4 is 20.9 Å². The monoisotopic (exact) mass is 420 g/mol. The third-order valence-corrected chi connectivity index (χ3v) is 6.80. The van der Waals surface area contributed by atoms with Crippen molar-refractivity contribution < 1.29 is 19.3 Å². The van der Waals surface area contributed by atoms with Crippen LogP contribution in [-0.2, 0) is 9.36 Å². The second-order valence-electron chi connectivity index (χ2n) is 9.32. The summed E-state index contributed by atoms with van der Waals surface area (Å²) in [6.07, 6.45) is 5.68. The molecule has 0 aliphatic heterocycles. The highest BCUT2D eigenvalue weighted by Crippen LogP contribution is 2.55. The fourth-order valence-corrected chi connectivity index (χ4v) is 5.09. The number of rotatable bonds is 7. The van der Waals surface area contributed by atoms with Gasteiger partial charge in [-0.05, 0) is 70.4 Å². The number of Topliss-reactive ketones (excluding diaryl/α,β-unsaturated/α-hetero) is 1. The topological polar surface area (TPSA) is 71.4 Å². The Balaban J connectivity index is 0.00000204. The Morgan fingerprint density at radius 3 is 1.97 bits per heavy atom. The van der Waals surface area contributed by atoms with Gasteiger partial charge < -0.3 is 5.11 Å². The molecule has 0 heterocycles. The van der Waals surface area contributed by atoms with E-state index in [1.54, 1.807) is 9.12 Å². The first-order valence-corrected chi connectivity index (χ1v) is 11.0. The summed E-state index contributed by atoms with van der Waals surface area (Å²) >= 11 is 0. The van der Waals surface area contributed by atoms with Crippen LogP contribution >= 0.6 is 9.12 Å². The normalized spacial score (nSPS) is 17.8. The maximum Gasteiger partial charge on any atom is 0.310 e. The lowest BCUT2D eigenvalue weighted by molar-refractivity contribution is -0.157. The molecule has 1 aliphatic carbocycles. The molecular weight excluding hydrogens is 383 g/mol. The van der Waals surface area contributed by atoms with E-state index in [9.17, 15) is 14.7 Å². The maximum atomic E-state index is 14.0. The molecule has 1 aromatic carbocycles. The van der Waals surface area contributed by atoms with Crippen LogP contribution in [0.3, 0.4) is 0 Å². The number of aliphatic carboxylic acids is 1. The first-order chi connectivity index (χ1) is 13.5. The fraction of sp³-hybridized carbons (Fsp3) is 0.667. The maximum absolute atomic E-state index is 14.0. The third kappa shape index (κ3) is 5.15. The Morgan fingerprint density at radius 2 is 1.55 bits per heavy atom. The lowest BCUT2D eigenvalue weighted by atomic mass is 9.53. The second kappa shape index (κ2) is 10.5. The molecule has 1 fully saturated rings. The largest absolute Gasteiger partial charge is 0.481 e. The highest BCUT2D eigenvalue weighted by Gasteiger charge is 2.57. The van der Waals surface area contributed by atoms with Crippen LogP contribution in [0.2, 0.25) is 0 Å². The summed E-state index contributed by atoms with van der Waals surface area (Å²) < 4.78 is 8.06. The summed E-state index contributed by atoms with van der Waals surface area (Å²) in [5.41, 5.74) is 1.99. The van der Waals surface area contributed by atoms with Crippen molar-refractivity contribution in [1.82, 2.24) is 0 Å². The Labute approximate surface area is 178 Å². The van der Waals surface area contributed by atoms with Gasteiger partial charge in [0.25, 0.3) is 0 Å². The van der Waals surface area contributed by atoms with Crippen molar-refractivity contribution in [1.29, 1.82) is 0 Å². The predicted molar refractivity (Wildman–Crippen MR) is 119 cm³/mol. The molecule has 29 heavy (non-hydrogen) atoms. The van der Waals surface area contributed by atoms with Crippen LogP contribution in [-0.4, -0.2) is 16.9 Å². The van der Waals surface area contributed by atoms with Gasteiger partial charge in [-0.25, -0.2) is 0 Å². The van der Waals surface area contributed by atoms with Crippen LogP contribution in [0.1, 0.15) is 92.8 Å². The Hall–Kier alpha value is -1.54. The van der Waals surface area contributed by atoms with Gasteiger partial charge in [-0.3, -0.25) is 14.2 Å². The number of carboxylic acid groups (broad SMARTS) is 1. The molecule has 1 aromatic rings. The number of benzene rings is 1. The first-order valence-electron chi connectivity index (χ1n) is 10.6. The highest BCUT2D eigenvalue weighted by molar-refractivity contribution is 7.00. The molecule has 0 aromatic heterocycles. The zero-order valence-corrected chi connectivity index (χ0v) is 19.9. The van der Waals surface area contributed by atoms with Crippen molar-refractivity contribution in [3.8, 4) is 0 Å². The van der Waals surface area contributed by atoms with Crippen molar-refractivity contribution in [2.75, 3.05) is 0 Å². The lowest BCUT2D eigenvalue weighted by Crippen LogP contribution is -2.52. The van der Waals surface area contributed by atoms with Gasteiger partial charge in [-0.1, -0.05) is 50.8 Å². The van der Waals surface area contributed by atoms with Gasteiger partial charge in [0.1, 0.15) is 9.12 Å². The second-order valence-corrected chi connectivity index (χ2v) is 9.32. The van der Waals surface area contributed by atoms with Crippen molar-refractivity contribution in [2.24, 2.45) is 16.7 Å². The van der Waals surface area contributed by atoms with Crippen molar-refractivity contribution in [3.63, 3.8) is 0 Å². The van der Waals surface area contributed by atoms with E-state index in [1.165, 1.54) is 0 Å². The smallest absolute Gasteiger partial charge is 0.310 e. The molecule has 0 saturated heterocycles. The summed E-state index contributed by atoms with van der Waals surface area (Å²) in [6.45, 7) is 12.1. The van der Waals surface area contributed by atoms with Crippen LogP contribution in [0.15, 0.2) is 12.1 Å². The van der Waals surface area contributed by atoms with E-state index >= 15 is 0 Å². The molecule has 1 saturated carbocycles. The Kier molecular flexibility index (Phi) is 9.21. The third-order valence-electron chi connectivity index (χ3n) is 6.80. The summed E-state index contributed by atoms with van der Waals surface area (Å²) in [5, 5.41) is 10.3. The molecule has 4 nitrogen and oxygen atoms in total. The van der Waals surface area contributed by atoms with Gasteiger partial charge in [0.15, 0.2) is 5.78 Å². The van der Waals surface area contributed by atoms with Crippen LogP contribution in [0.4, 0.5) is 0 Å². The molecule has 1 unspecified atom stereocenters. The summed E-state index contributed by atoms with van der Waals surface area (Å²) in [7, 11) is 1.72. The van der Waals surface area contributed by atoms with Crippen LogP contribution in [0.25, 0.3) is 0 Å². The van der Waals surface area contributed by atoms with Gasteiger partial charge in [-0.15, -0.1) is 0 Å². The van der Waals surface area contributed by atoms with Crippen LogP contribution in [0, 0.1) is 37.5 Å². The van der Waals surface area contributed by atoms with E-state index in [0.29, 0.717) is 25.2 Å². The number of aryl methyl sites for hydroxylation is 3. The molecule has 0 radical (unpaired) electrons. The number of hydrogen-bond acceptors (Lipinski definition) is 3. The highest BCUT2D eigenvalue weighted by atomic mass is 31.0. The standard InChI is InChI=1S/C24H36O3.HOP/c1-16(2)10-13-23(6,22(26)27)24(11-8-7-9-12-24)21(25)20-18(4)14-17(3)15-19(20)5;1-2/h14-16H,7-13H2,1-6H3,(H,26,27);2H. The van der Waals surface area contributed by atoms with E-state index < -0.39 is 16.8 Å². The van der Waals surface area contributed by atoms with E-state index in [1.807, 2.05) is 39.8 Å². The molecule has 0 bridgehead atoms. The van der Waals surface area contributed by atoms with E-state index in [0.717, 1.165) is 47.9 Å². The van der Waals surface area contributed by atoms with Crippen molar-refractivity contribution in [3.05, 3.63) is 34.4 Å². The lowest BCUT2D eigenvalue weighted by Gasteiger charge is -2.48. The molecule has 5 heteroatoms. The molecular formula is C24H37O4P. The number of carbonyl (C=O) groups is 2. The van der Waals surface area contributed by atoms with Gasteiger partial charge in [0.2, 0.25) is 0 Å². The predicted octanol–water partition coefficient (Wildman–Crippen LogP) is 6.75. The number of hydrogen-bond donors (Lipinski definition) is 1. The van der Waals surface area contributed by atoms with E-state index in [2.05, 4.69) is 13.8 Å². The van der Waals surface area contributed by atoms with E-state index in [4.69, 9.17) is 4.57 Å². The zero-order valence-electron chi connectivity index (χ0n) is 18.9. The Bertz CT molecular complexity index is 711. The van der Waals surface area contributed by atoms with Gasteiger partial charge in [0.05, 0.1) is 5.41 Å². The van der Waals surface area contributed by atoms with Crippen LogP contribution < -0.4 is 0 Å². The van der Waals surface area contributed by atoms with Gasteiger partial charge in [-0.2, -0.15) is 0 Å². The summed E-state index contributed by atoms with van der Waals surface area (Å²) in [5.74, 6) is -0.339. The Morgan fingerprint density at radius 1 is 1.07 bits per heavy atom. The fourth-order valence-electron chi connectivity index (χ4n) is 5.09. The minimum absolute atomic E-state index is 0.0610. The molecule has 1 atom stereocenters. The minimum Gasteiger partial charge on any atom is -0.481 e. The number of ketones is 1. The molecule has 0 spiro atoms. The average Bonchev–Trinajstić information content (AvgIpc) is 2.67. The van der Waals surface area contributed by atoms with Gasteiger partial charge in [0, 0.05) is 11.0 Å². The first kappa shape index (κ1) is 25.5. The molecule has 1 aliphatic rings. The summed E-state index contributed by atoms with van der Waals surface area (Å²) in [4.78, 5) is 26.6. The quantitative estimate of drug-likeness (QED) is 0.391. The molecule has 2 rings (SSSR count). The average molecular weight is 421 g/mol. The van der Waals surface area contributed by atoms with E-state index in [-0.39, 0.29) is 5.78 Å². The summed E-state index contributed by atoms with van der Waals surface area (Å²) in [6, 6.07) is 4.09. The van der Waals surface area contributed by atoms with Gasteiger partial charge >= 0.3 is 5.97 Å². The molecule has 162 valence electrons. The molecule has 1 N–H and O–H groups in total. The SMILES string of the molecule is Cc1cc(C)c(C(=O)C2(C(C)(CCC(C)C)C(=O)O)CCCCC2)c(C)c1.O=P. The van der Waals surface area contributed by atoms with Crippen LogP contribution in [0.5, 0.6) is 0 Å². The number of carbonyl (C=O) groups excluding carboxylic acids is 1. The molecule has 0 amide bonds.